The summed E-state index contributed by atoms with van der Waals surface area (Å²) in [6, 6.07) is 52.3. The van der Waals surface area contributed by atoms with Crippen molar-refractivity contribution in [2.24, 2.45) is 4.99 Å². The van der Waals surface area contributed by atoms with Crippen LogP contribution in [0.5, 0.6) is 0 Å². The molecule has 0 saturated carbocycles. The van der Waals surface area contributed by atoms with Crippen molar-refractivity contribution in [2.45, 2.75) is 25.4 Å². The monoisotopic (exact) mass is 591 g/mol. The van der Waals surface area contributed by atoms with E-state index in [-0.39, 0.29) is 11.6 Å². The van der Waals surface area contributed by atoms with E-state index >= 15 is 0 Å². The van der Waals surface area contributed by atoms with Gasteiger partial charge in [0.05, 0.1) is 16.7 Å². The molecule has 1 aromatic heterocycles. The molecule has 2 heterocycles. The molecule has 0 radical (unpaired) electrons. The second-order valence-electron chi connectivity index (χ2n) is 12.8. The van der Waals surface area contributed by atoms with Crippen LogP contribution in [0.15, 0.2) is 157 Å². The van der Waals surface area contributed by atoms with Gasteiger partial charge in [-0.1, -0.05) is 135 Å². The first-order valence-electron chi connectivity index (χ1n) is 16.0. The highest BCUT2D eigenvalue weighted by molar-refractivity contribution is 6.15. The average molecular weight is 592 g/mol. The van der Waals surface area contributed by atoms with E-state index in [1.54, 1.807) is 0 Å². The fourth-order valence-electron chi connectivity index (χ4n) is 7.66. The first-order valence-corrected chi connectivity index (χ1v) is 16.0. The lowest BCUT2D eigenvalue weighted by Crippen LogP contribution is -2.24. The second kappa shape index (κ2) is 10.2. The predicted octanol–water partition coefficient (Wildman–Crippen LogP) is 10.2. The number of allylic oxidation sites excluding steroid dienone is 1. The first kappa shape index (κ1) is 26.7. The Morgan fingerprint density at radius 1 is 0.609 bits per heavy atom. The molecule has 0 saturated heterocycles. The van der Waals surface area contributed by atoms with Crippen LogP contribution in [0.1, 0.15) is 47.8 Å². The Kier molecular flexibility index (Phi) is 5.91. The molecule has 0 fully saturated rings. The molecule has 1 aliphatic heterocycles. The minimum Gasteiger partial charge on any atom is -0.360 e. The van der Waals surface area contributed by atoms with Crippen LogP contribution in [0, 0.1) is 0 Å². The van der Waals surface area contributed by atoms with Crippen molar-refractivity contribution in [3.63, 3.8) is 0 Å². The molecule has 1 atom stereocenters. The highest BCUT2D eigenvalue weighted by atomic mass is 15.1. The number of para-hydroxylation sites is 1. The van der Waals surface area contributed by atoms with E-state index in [9.17, 15) is 0 Å². The maximum Gasteiger partial charge on any atom is 0.145 e. The van der Waals surface area contributed by atoms with E-state index < -0.39 is 0 Å². The summed E-state index contributed by atoms with van der Waals surface area (Å²) in [4.78, 5) is 5.10. The van der Waals surface area contributed by atoms with Crippen molar-refractivity contribution < 1.29 is 0 Å². The lowest BCUT2D eigenvalue weighted by atomic mass is 9.80. The second-order valence-corrected chi connectivity index (χ2v) is 12.8. The Bertz CT molecular complexity index is 2340. The van der Waals surface area contributed by atoms with Crippen LogP contribution >= 0.6 is 0 Å². The maximum absolute atomic E-state index is 5.10. The van der Waals surface area contributed by atoms with Gasteiger partial charge in [-0.05, 0) is 69.3 Å². The van der Waals surface area contributed by atoms with Gasteiger partial charge in [-0.15, -0.1) is 0 Å². The number of benzene rings is 6. The summed E-state index contributed by atoms with van der Waals surface area (Å²) >= 11 is 0. The molecule has 46 heavy (non-hydrogen) atoms. The van der Waals surface area contributed by atoms with E-state index in [2.05, 4.69) is 163 Å². The fourth-order valence-corrected chi connectivity index (χ4v) is 7.66. The summed E-state index contributed by atoms with van der Waals surface area (Å²) in [7, 11) is 0. The molecule has 0 spiro atoms. The number of fused-ring (bicyclic) bond motifs is 7. The van der Waals surface area contributed by atoms with Crippen LogP contribution in [-0.2, 0) is 5.41 Å². The first-order chi connectivity index (χ1) is 22.6. The number of aliphatic imine (C=N–C) groups is 1. The summed E-state index contributed by atoms with van der Waals surface area (Å²) in [5.41, 5.74) is 14.5. The van der Waals surface area contributed by atoms with Crippen molar-refractivity contribution in [1.29, 1.82) is 0 Å². The van der Waals surface area contributed by atoms with Crippen molar-refractivity contribution in [3.05, 3.63) is 179 Å². The van der Waals surface area contributed by atoms with Crippen molar-refractivity contribution in [3.8, 4) is 16.8 Å². The minimum absolute atomic E-state index is 0.0866. The minimum atomic E-state index is -0.164. The number of rotatable bonds is 4. The Hall–Kier alpha value is -5.67. The SMILES string of the molecule is CC1(C)c2ccccc2-c2ccc3c(c21)c1ccccc1n3-c1ccc(C2=CC(c3ccccc3)=N[C@@H](c3ccccc3)N2)cc1. The third-order valence-electron chi connectivity index (χ3n) is 9.82. The molecule has 6 aromatic carbocycles. The molecular formula is C43H33N3. The zero-order valence-electron chi connectivity index (χ0n) is 25.9. The van der Waals surface area contributed by atoms with Gasteiger partial charge in [0.1, 0.15) is 6.17 Å². The van der Waals surface area contributed by atoms with Crippen LogP contribution in [0.3, 0.4) is 0 Å². The zero-order valence-corrected chi connectivity index (χ0v) is 25.9. The molecule has 9 rings (SSSR count). The van der Waals surface area contributed by atoms with Crippen LogP contribution < -0.4 is 5.32 Å². The van der Waals surface area contributed by atoms with Gasteiger partial charge in [-0.3, -0.25) is 4.99 Å². The number of nitrogens with zero attached hydrogens (tertiary/aromatic N) is 2. The smallest absolute Gasteiger partial charge is 0.145 e. The normalized spacial score (nSPS) is 16.4. The third-order valence-corrected chi connectivity index (χ3v) is 9.82. The van der Waals surface area contributed by atoms with E-state index in [1.807, 2.05) is 12.1 Å². The van der Waals surface area contributed by atoms with Gasteiger partial charge >= 0.3 is 0 Å². The Morgan fingerprint density at radius 3 is 2.11 bits per heavy atom. The van der Waals surface area contributed by atoms with E-state index in [4.69, 9.17) is 4.99 Å². The molecule has 0 bridgehead atoms. The van der Waals surface area contributed by atoms with Gasteiger partial charge in [0.15, 0.2) is 0 Å². The van der Waals surface area contributed by atoms with Gasteiger partial charge < -0.3 is 9.88 Å². The van der Waals surface area contributed by atoms with Gasteiger partial charge in [0.2, 0.25) is 0 Å². The highest BCUT2D eigenvalue weighted by Gasteiger charge is 2.38. The Labute approximate surface area is 269 Å². The molecule has 3 nitrogen and oxygen atoms in total. The van der Waals surface area contributed by atoms with Crippen molar-refractivity contribution >= 4 is 33.2 Å². The summed E-state index contributed by atoms with van der Waals surface area (Å²) in [6.07, 6.45) is 2.01. The molecule has 0 unspecified atom stereocenters. The molecule has 1 aliphatic carbocycles. The number of hydrogen-bond acceptors (Lipinski definition) is 2. The van der Waals surface area contributed by atoms with Gasteiger partial charge in [0, 0.05) is 27.6 Å². The lowest BCUT2D eigenvalue weighted by molar-refractivity contribution is 0.664. The van der Waals surface area contributed by atoms with E-state index in [1.165, 1.54) is 44.1 Å². The lowest BCUT2D eigenvalue weighted by Gasteiger charge is -2.25. The van der Waals surface area contributed by atoms with Crippen molar-refractivity contribution in [2.75, 3.05) is 0 Å². The van der Waals surface area contributed by atoms with Crippen LogP contribution in [0.4, 0.5) is 0 Å². The fraction of sp³-hybridized carbons (Fsp3) is 0.0930. The summed E-state index contributed by atoms with van der Waals surface area (Å²) in [5.74, 6) is 0. The molecule has 3 heteroatoms. The van der Waals surface area contributed by atoms with Gasteiger partial charge in [-0.25, -0.2) is 0 Å². The largest absolute Gasteiger partial charge is 0.360 e. The topological polar surface area (TPSA) is 29.3 Å². The molecule has 2 aliphatic rings. The standard InChI is InChI=1S/C43H33N3/c1-43(2)35-19-11-9-17-32(35)33-25-26-39-40(41(33)43)34-18-10-12-20-38(34)46(39)31-23-21-29(22-24-31)37-27-36(28-13-5-3-6-14-28)44-42(45-37)30-15-7-4-8-16-30/h3-27,42,45H,1-2H3/t42-/m1/s1. The quantitative estimate of drug-likeness (QED) is 0.217. The molecule has 1 N–H and O–H groups in total. The maximum atomic E-state index is 5.10. The van der Waals surface area contributed by atoms with Crippen LogP contribution in [0.2, 0.25) is 0 Å². The third kappa shape index (κ3) is 4.02. The molecular weight excluding hydrogens is 558 g/mol. The molecule has 220 valence electrons. The number of aromatic nitrogens is 1. The number of hydrogen-bond donors (Lipinski definition) is 1. The summed E-state index contributed by atoms with van der Waals surface area (Å²) in [6.45, 7) is 4.75. The molecule has 7 aromatic rings. The van der Waals surface area contributed by atoms with E-state index in [0.29, 0.717) is 0 Å². The Morgan fingerprint density at radius 2 is 1.30 bits per heavy atom. The zero-order chi connectivity index (χ0) is 30.8. The van der Waals surface area contributed by atoms with E-state index in [0.717, 1.165) is 33.8 Å². The summed E-state index contributed by atoms with van der Waals surface area (Å²) < 4.78 is 2.43. The summed E-state index contributed by atoms with van der Waals surface area (Å²) in [5, 5.41) is 6.36. The molecule has 0 amide bonds. The van der Waals surface area contributed by atoms with Gasteiger partial charge in [-0.2, -0.15) is 0 Å². The average Bonchev–Trinajstić information content (AvgIpc) is 3.57. The van der Waals surface area contributed by atoms with Crippen LogP contribution in [-0.4, -0.2) is 10.3 Å². The highest BCUT2D eigenvalue weighted by Crippen LogP contribution is 2.53. The Balaban J connectivity index is 1.17. The number of nitrogens with one attached hydrogen (secondary N) is 1. The van der Waals surface area contributed by atoms with Gasteiger partial charge in [0.25, 0.3) is 0 Å². The van der Waals surface area contributed by atoms with Crippen molar-refractivity contribution in [1.82, 2.24) is 9.88 Å². The van der Waals surface area contributed by atoms with Crippen LogP contribution in [0.25, 0.3) is 44.3 Å². The predicted molar refractivity (Wildman–Crippen MR) is 192 cm³/mol.